The molecular formula is C10H7N3O2. The fourth-order valence-electron chi connectivity index (χ4n) is 1.07. The van der Waals surface area contributed by atoms with E-state index in [-0.39, 0.29) is 5.69 Å². The minimum Gasteiger partial charge on any atom is -0.258 e. The second kappa shape index (κ2) is 3.77. The van der Waals surface area contributed by atoms with Gasteiger partial charge in [-0.3, -0.25) is 10.1 Å². The molecule has 0 atom stereocenters. The van der Waals surface area contributed by atoms with Crippen molar-refractivity contribution in [1.29, 1.82) is 10.5 Å². The molecule has 0 aliphatic rings. The Labute approximate surface area is 86.3 Å². The van der Waals surface area contributed by atoms with Crippen LogP contribution in [0.3, 0.4) is 0 Å². The van der Waals surface area contributed by atoms with Gasteiger partial charge < -0.3 is 0 Å². The number of hydrogen-bond acceptors (Lipinski definition) is 4. The summed E-state index contributed by atoms with van der Waals surface area (Å²) in [7, 11) is 0. The second-order valence-corrected chi connectivity index (χ2v) is 3.15. The van der Waals surface area contributed by atoms with Crippen molar-refractivity contribution in [3.8, 4) is 12.1 Å². The van der Waals surface area contributed by atoms with Crippen molar-refractivity contribution in [2.45, 2.75) is 12.3 Å². The van der Waals surface area contributed by atoms with E-state index in [2.05, 4.69) is 0 Å². The average Bonchev–Trinajstić information content (AvgIpc) is 2.28. The number of benzene rings is 1. The lowest BCUT2D eigenvalue weighted by Gasteiger charge is -2.11. The fourth-order valence-corrected chi connectivity index (χ4v) is 1.07. The van der Waals surface area contributed by atoms with E-state index in [1.54, 1.807) is 0 Å². The monoisotopic (exact) mass is 201 g/mol. The third-order valence-corrected chi connectivity index (χ3v) is 2.10. The highest BCUT2D eigenvalue weighted by Crippen LogP contribution is 2.24. The van der Waals surface area contributed by atoms with E-state index in [0.29, 0.717) is 5.56 Å². The molecule has 1 rings (SSSR count). The van der Waals surface area contributed by atoms with Crippen LogP contribution in [0.1, 0.15) is 12.5 Å². The van der Waals surface area contributed by atoms with Gasteiger partial charge in [-0.2, -0.15) is 10.5 Å². The van der Waals surface area contributed by atoms with E-state index in [1.165, 1.54) is 31.2 Å². The zero-order chi connectivity index (χ0) is 11.5. The summed E-state index contributed by atoms with van der Waals surface area (Å²) in [6.07, 6.45) is 0. The number of nitro benzene ring substituents is 1. The molecule has 1 aromatic carbocycles. The molecule has 0 radical (unpaired) electrons. The Morgan fingerprint density at radius 1 is 1.27 bits per heavy atom. The van der Waals surface area contributed by atoms with Gasteiger partial charge in [-0.15, -0.1) is 0 Å². The lowest BCUT2D eigenvalue weighted by Crippen LogP contribution is -2.16. The zero-order valence-electron chi connectivity index (χ0n) is 7.97. The van der Waals surface area contributed by atoms with Crippen molar-refractivity contribution < 1.29 is 4.92 Å². The Hall–Kier alpha value is -2.40. The standard InChI is InChI=1S/C10H7N3O2/c1-10(6-11,7-12)8-2-4-9(5-3-8)13(14)15/h2-5H,1H3. The first-order chi connectivity index (χ1) is 7.03. The SMILES string of the molecule is CC(C#N)(C#N)c1ccc([N+](=O)[O-])cc1. The van der Waals surface area contributed by atoms with Crippen LogP contribution in [0.2, 0.25) is 0 Å². The molecule has 0 bridgehead atoms. The van der Waals surface area contributed by atoms with Gasteiger partial charge in [0, 0.05) is 12.1 Å². The Bertz CT molecular complexity index is 451. The average molecular weight is 201 g/mol. The zero-order valence-corrected chi connectivity index (χ0v) is 7.97. The third-order valence-electron chi connectivity index (χ3n) is 2.10. The maximum absolute atomic E-state index is 10.4. The molecule has 0 fully saturated rings. The molecule has 0 saturated carbocycles. The van der Waals surface area contributed by atoms with Crippen LogP contribution >= 0.6 is 0 Å². The van der Waals surface area contributed by atoms with Crippen molar-refractivity contribution in [3.63, 3.8) is 0 Å². The lowest BCUT2D eigenvalue weighted by atomic mass is 9.86. The topological polar surface area (TPSA) is 90.7 Å². The highest BCUT2D eigenvalue weighted by Gasteiger charge is 2.26. The molecule has 0 aliphatic carbocycles. The minimum atomic E-state index is -1.25. The maximum Gasteiger partial charge on any atom is 0.269 e. The molecule has 0 amide bonds. The highest BCUT2D eigenvalue weighted by atomic mass is 16.6. The Balaban J connectivity index is 3.17. The summed E-state index contributed by atoms with van der Waals surface area (Å²) in [4.78, 5) is 9.85. The van der Waals surface area contributed by atoms with Crippen LogP contribution < -0.4 is 0 Å². The summed E-state index contributed by atoms with van der Waals surface area (Å²) < 4.78 is 0. The van der Waals surface area contributed by atoms with E-state index >= 15 is 0 Å². The predicted molar refractivity (Wildman–Crippen MR) is 51.7 cm³/mol. The molecule has 5 heteroatoms. The molecule has 0 spiro atoms. The van der Waals surface area contributed by atoms with Crippen LogP contribution in [-0.2, 0) is 5.41 Å². The first-order valence-corrected chi connectivity index (χ1v) is 4.11. The van der Waals surface area contributed by atoms with Crippen LogP contribution in [0.4, 0.5) is 5.69 Å². The summed E-state index contributed by atoms with van der Waals surface area (Å²) in [6.45, 7) is 1.47. The van der Waals surface area contributed by atoms with Crippen LogP contribution in [0.5, 0.6) is 0 Å². The van der Waals surface area contributed by atoms with Crippen molar-refractivity contribution in [2.24, 2.45) is 0 Å². The quantitative estimate of drug-likeness (QED) is 0.539. The van der Waals surface area contributed by atoms with E-state index < -0.39 is 10.3 Å². The summed E-state index contributed by atoms with van der Waals surface area (Å²) in [6, 6.07) is 9.13. The van der Waals surface area contributed by atoms with E-state index in [9.17, 15) is 10.1 Å². The predicted octanol–water partition coefficient (Wildman–Crippen LogP) is 1.90. The summed E-state index contributed by atoms with van der Waals surface area (Å²) >= 11 is 0. The number of non-ortho nitro benzene ring substituents is 1. The normalized spacial score (nSPS) is 10.1. The van der Waals surface area contributed by atoms with E-state index in [1.807, 2.05) is 12.1 Å². The first kappa shape index (κ1) is 10.7. The molecule has 74 valence electrons. The summed E-state index contributed by atoms with van der Waals surface area (Å²) in [5.74, 6) is 0. The molecule has 0 aromatic heterocycles. The molecule has 5 nitrogen and oxygen atoms in total. The van der Waals surface area contributed by atoms with E-state index in [0.717, 1.165) is 0 Å². The van der Waals surface area contributed by atoms with Crippen LogP contribution in [0.25, 0.3) is 0 Å². The Morgan fingerprint density at radius 2 is 1.73 bits per heavy atom. The molecule has 15 heavy (non-hydrogen) atoms. The smallest absolute Gasteiger partial charge is 0.258 e. The van der Waals surface area contributed by atoms with Crippen molar-refractivity contribution in [1.82, 2.24) is 0 Å². The first-order valence-electron chi connectivity index (χ1n) is 4.11. The van der Waals surface area contributed by atoms with Gasteiger partial charge in [-0.1, -0.05) is 0 Å². The van der Waals surface area contributed by atoms with Crippen molar-refractivity contribution >= 4 is 5.69 Å². The van der Waals surface area contributed by atoms with Crippen molar-refractivity contribution in [3.05, 3.63) is 39.9 Å². The van der Waals surface area contributed by atoms with Crippen LogP contribution in [0.15, 0.2) is 24.3 Å². The molecule has 1 aromatic rings. The molecule has 0 heterocycles. The molecule has 0 saturated heterocycles. The molecular weight excluding hydrogens is 194 g/mol. The fraction of sp³-hybridized carbons (Fsp3) is 0.200. The largest absolute Gasteiger partial charge is 0.269 e. The van der Waals surface area contributed by atoms with Gasteiger partial charge in [0.25, 0.3) is 5.69 Å². The van der Waals surface area contributed by atoms with Gasteiger partial charge >= 0.3 is 0 Å². The number of hydrogen-bond donors (Lipinski definition) is 0. The summed E-state index contributed by atoms with van der Waals surface area (Å²) in [5.41, 5.74) is -0.857. The van der Waals surface area contributed by atoms with Gasteiger partial charge in [-0.05, 0) is 24.6 Å². The second-order valence-electron chi connectivity index (χ2n) is 3.15. The maximum atomic E-state index is 10.4. The van der Waals surface area contributed by atoms with Crippen LogP contribution in [0, 0.1) is 32.8 Å². The molecule has 0 N–H and O–H groups in total. The van der Waals surface area contributed by atoms with Gasteiger partial charge in [0.1, 0.15) is 0 Å². The van der Waals surface area contributed by atoms with Crippen LogP contribution in [-0.4, -0.2) is 4.92 Å². The number of nitrogens with zero attached hydrogens (tertiary/aromatic N) is 3. The molecule has 0 aliphatic heterocycles. The van der Waals surface area contributed by atoms with Gasteiger partial charge in [0.2, 0.25) is 0 Å². The highest BCUT2D eigenvalue weighted by molar-refractivity contribution is 5.43. The Morgan fingerprint density at radius 3 is 2.07 bits per heavy atom. The minimum absolute atomic E-state index is 0.0584. The van der Waals surface area contributed by atoms with Gasteiger partial charge in [0.15, 0.2) is 5.41 Å². The Kier molecular flexibility index (Phi) is 2.68. The third kappa shape index (κ3) is 1.92. The lowest BCUT2D eigenvalue weighted by molar-refractivity contribution is -0.384. The van der Waals surface area contributed by atoms with E-state index in [4.69, 9.17) is 10.5 Å². The number of nitro groups is 1. The van der Waals surface area contributed by atoms with Gasteiger partial charge in [0.05, 0.1) is 17.1 Å². The van der Waals surface area contributed by atoms with Gasteiger partial charge in [-0.25, -0.2) is 0 Å². The molecule has 0 unspecified atom stereocenters. The number of nitriles is 2. The van der Waals surface area contributed by atoms with Crippen molar-refractivity contribution in [2.75, 3.05) is 0 Å². The summed E-state index contributed by atoms with van der Waals surface area (Å²) in [5, 5.41) is 28.0. The number of rotatable bonds is 2.